The third-order valence-electron chi connectivity index (χ3n) is 3.33. The zero-order valence-electron chi connectivity index (χ0n) is 11.2. The number of carbonyl (C=O) groups is 1. The highest BCUT2D eigenvalue weighted by Crippen LogP contribution is 2.42. The number of hydrogen-bond donors (Lipinski definition) is 1. The Morgan fingerprint density at radius 3 is 2.70 bits per heavy atom. The van der Waals surface area contributed by atoms with Gasteiger partial charge in [-0.3, -0.25) is 4.79 Å². The summed E-state index contributed by atoms with van der Waals surface area (Å²) < 4.78 is 5.12. The molecule has 1 fully saturated rings. The Labute approximate surface area is 133 Å². The fourth-order valence-corrected chi connectivity index (χ4v) is 3.46. The van der Waals surface area contributed by atoms with Gasteiger partial charge in [-0.05, 0) is 43.9 Å². The molecule has 1 saturated carbocycles. The normalized spacial score (nSPS) is 17.6. The molecule has 1 aromatic rings. The van der Waals surface area contributed by atoms with Crippen LogP contribution in [-0.2, 0) is 9.53 Å². The Morgan fingerprint density at radius 1 is 1.45 bits per heavy atom. The van der Waals surface area contributed by atoms with Gasteiger partial charge in [-0.25, -0.2) is 0 Å². The molecule has 2 N–H and O–H groups in total. The van der Waals surface area contributed by atoms with Gasteiger partial charge >= 0.3 is 5.97 Å². The average molecular weight is 334 g/mol. The van der Waals surface area contributed by atoms with Crippen molar-refractivity contribution in [1.29, 1.82) is 0 Å². The summed E-state index contributed by atoms with van der Waals surface area (Å²) in [5.74, 6) is 0.390. The minimum absolute atomic E-state index is 0.219. The monoisotopic (exact) mass is 333 g/mol. The summed E-state index contributed by atoms with van der Waals surface area (Å²) in [5.41, 5.74) is 5.38. The Bertz CT molecular complexity index is 508. The number of ether oxygens (including phenoxy) is 1. The van der Waals surface area contributed by atoms with Gasteiger partial charge in [0.05, 0.1) is 16.7 Å². The highest BCUT2D eigenvalue weighted by atomic mass is 35.5. The molecule has 0 radical (unpaired) electrons. The van der Waals surface area contributed by atoms with E-state index in [1.165, 1.54) is 11.8 Å². The number of thioether (sulfide) groups is 1. The van der Waals surface area contributed by atoms with E-state index in [0.29, 0.717) is 22.4 Å². The molecule has 1 atom stereocenters. The summed E-state index contributed by atoms with van der Waals surface area (Å²) in [5, 5.41) is 1.02. The van der Waals surface area contributed by atoms with E-state index in [0.717, 1.165) is 17.7 Å². The summed E-state index contributed by atoms with van der Waals surface area (Å²) in [4.78, 5) is 13.0. The van der Waals surface area contributed by atoms with E-state index in [1.54, 1.807) is 19.1 Å². The number of halogens is 2. The van der Waals surface area contributed by atoms with Crippen LogP contribution in [0.4, 0.5) is 0 Å². The quantitative estimate of drug-likeness (QED) is 0.636. The van der Waals surface area contributed by atoms with Crippen LogP contribution in [0, 0.1) is 5.92 Å². The second kappa shape index (κ2) is 6.56. The fraction of sp³-hybridized carbons (Fsp3) is 0.500. The molecule has 0 heterocycles. The second-order valence-corrected chi connectivity index (χ2v) is 6.76. The molecule has 0 bridgehead atoms. The molecule has 1 aliphatic rings. The van der Waals surface area contributed by atoms with Gasteiger partial charge in [0, 0.05) is 10.6 Å². The molecule has 2 rings (SSSR count). The zero-order chi connectivity index (χ0) is 14.8. The van der Waals surface area contributed by atoms with Gasteiger partial charge in [0.25, 0.3) is 0 Å². The lowest BCUT2D eigenvalue weighted by atomic mass is 9.97. The Morgan fingerprint density at radius 2 is 2.15 bits per heavy atom. The van der Waals surface area contributed by atoms with E-state index in [9.17, 15) is 4.79 Å². The maximum Gasteiger partial charge on any atom is 0.327 e. The molecule has 110 valence electrons. The molecule has 1 aromatic carbocycles. The lowest BCUT2D eigenvalue weighted by Crippen LogP contribution is -2.53. The van der Waals surface area contributed by atoms with E-state index in [2.05, 4.69) is 0 Å². The van der Waals surface area contributed by atoms with Crippen molar-refractivity contribution < 1.29 is 9.53 Å². The van der Waals surface area contributed by atoms with Crippen molar-refractivity contribution in [2.24, 2.45) is 11.7 Å². The van der Waals surface area contributed by atoms with Gasteiger partial charge in [-0.2, -0.15) is 0 Å². The van der Waals surface area contributed by atoms with E-state index in [4.69, 9.17) is 33.7 Å². The first kappa shape index (κ1) is 16.0. The molecular formula is C14H17Cl2NO2S. The van der Waals surface area contributed by atoms with Gasteiger partial charge in [0.1, 0.15) is 5.54 Å². The topological polar surface area (TPSA) is 52.3 Å². The van der Waals surface area contributed by atoms with Crippen molar-refractivity contribution in [3.8, 4) is 0 Å². The molecule has 20 heavy (non-hydrogen) atoms. The van der Waals surface area contributed by atoms with E-state index < -0.39 is 5.54 Å². The first-order valence-corrected chi connectivity index (χ1v) is 8.25. The van der Waals surface area contributed by atoms with E-state index in [-0.39, 0.29) is 11.9 Å². The Kier molecular flexibility index (Phi) is 5.24. The number of esters is 1. The largest absolute Gasteiger partial charge is 0.465 e. The summed E-state index contributed by atoms with van der Waals surface area (Å²) in [6.07, 6.45) is 1.97. The van der Waals surface area contributed by atoms with Crippen molar-refractivity contribution in [3.05, 3.63) is 28.2 Å². The predicted molar refractivity (Wildman–Crippen MR) is 83.5 cm³/mol. The lowest BCUT2D eigenvalue weighted by molar-refractivity contribution is -0.149. The summed E-state index contributed by atoms with van der Waals surface area (Å²) in [6.45, 7) is 2.14. The number of benzene rings is 1. The van der Waals surface area contributed by atoms with Gasteiger partial charge in [-0.15, -0.1) is 11.8 Å². The summed E-state index contributed by atoms with van der Waals surface area (Å²) in [6, 6.07) is 5.40. The number of nitrogens with two attached hydrogens (primary N) is 1. The van der Waals surface area contributed by atoms with Gasteiger partial charge in [0.15, 0.2) is 0 Å². The maximum absolute atomic E-state index is 12.1. The van der Waals surface area contributed by atoms with Crippen LogP contribution in [0.1, 0.15) is 19.8 Å². The van der Waals surface area contributed by atoms with Crippen LogP contribution in [0.25, 0.3) is 0 Å². The van der Waals surface area contributed by atoms with Crippen LogP contribution in [0.2, 0.25) is 10.0 Å². The van der Waals surface area contributed by atoms with Crippen molar-refractivity contribution >= 4 is 40.9 Å². The molecule has 0 amide bonds. The molecule has 1 unspecified atom stereocenters. The highest BCUT2D eigenvalue weighted by molar-refractivity contribution is 7.99. The Hall–Kier alpha value is -0.420. The third-order valence-corrected chi connectivity index (χ3v) is 5.28. The van der Waals surface area contributed by atoms with Crippen molar-refractivity contribution in [3.63, 3.8) is 0 Å². The standard InChI is InChI=1S/C14H17Cl2NO2S/c1-2-19-13(18)14(17,9-3-4-9)8-20-10-5-6-11(15)12(16)7-10/h5-7,9H,2-4,8,17H2,1H3. The summed E-state index contributed by atoms with van der Waals surface area (Å²) >= 11 is 13.4. The number of rotatable bonds is 6. The Balaban J connectivity index is 2.05. The number of carbonyl (C=O) groups excluding carboxylic acids is 1. The van der Waals surface area contributed by atoms with Crippen molar-refractivity contribution in [2.75, 3.05) is 12.4 Å². The van der Waals surface area contributed by atoms with Crippen LogP contribution in [-0.4, -0.2) is 23.9 Å². The van der Waals surface area contributed by atoms with Crippen LogP contribution in [0.3, 0.4) is 0 Å². The molecule has 0 saturated heterocycles. The molecule has 1 aliphatic carbocycles. The lowest BCUT2D eigenvalue weighted by Gasteiger charge is -2.26. The average Bonchev–Trinajstić information content (AvgIpc) is 3.25. The molecule has 6 heteroatoms. The second-order valence-electron chi connectivity index (χ2n) is 4.90. The fourth-order valence-electron chi connectivity index (χ4n) is 1.98. The van der Waals surface area contributed by atoms with Crippen LogP contribution >= 0.6 is 35.0 Å². The van der Waals surface area contributed by atoms with Crippen LogP contribution in [0.15, 0.2) is 23.1 Å². The summed E-state index contributed by atoms with van der Waals surface area (Å²) in [7, 11) is 0. The molecule has 0 spiro atoms. The minimum Gasteiger partial charge on any atom is -0.465 e. The van der Waals surface area contributed by atoms with Crippen molar-refractivity contribution in [1.82, 2.24) is 0 Å². The van der Waals surface area contributed by atoms with E-state index >= 15 is 0 Å². The SMILES string of the molecule is CCOC(=O)C(N)(CSc1ccc(Cl)c(Cl)c1)C1CC1. The highest BCUT2D eigenvalue weighted by Gasteiger charge is 2.49. The molecular weight excluding hydrogens is 317 g/mol. The van der Waals surface area contributed by atoms with Crippen molar-refractivity contribution in [2.45, 2.75) is 30.2 Å². The first-order chi connectivity index (χ1) is 9.47. The van der Waals surface area contributed by atoms with Gasteiger partial charge in [-0.1, -0.05) is 23.2 Å². The zero-order valence-corrected chi connectivity index (χ0v) is 13.5. The first-order valence-electron chi connectivity index (χ1n) is 6.51. The van der Waals surface area contributed by atoms with Crippen LogP contribution in [0.5, 0.6) is 0 Å². The maximum atomic E-state index is 12.1. The third kappa shape index (κ3) is 3.61. The van der Waals surface area contributed by atoms with E-state index in [1.807, 2.05) is 6.07 Å². The van der Waals surface area contributed by atoms with Gasteiger partial charge < -0.3 is 10.5 Å². The number of hydrogen-bond acceptors (Lipinski definition) is 4. The smallest absolute Gasteiger partial charge is 0.327 e. The molecule has 0 aliphatic heterocycles. The minimum atomic E-state index is -0.910. The molecule has 0 aromatic heterocycles. The van der Waals surface area contributed by atoms with Gasteiger partial charge in [0.2, 0.25) is 0 Å². The molecule has 3 nitrogen and oxygen atoms in total. The predicted octanol–water partition coefficient (Wildman–Crippen LogP) is 3.76. The van der Waals surface area contributed by atoms with Crippen LogP contribution < -0.4 is 5.73 Å².